The minimum absolute atomic E-state index is 0.0897. The Balaban J connectivity index is 2.43. The molecule has 1 amide bonds. The summed E-state index contributed by atoms with van der Waals surface area (Å²) in [6.45, 7) is 0. The predicted octanol–water partition coefficient (Wildman–Crippen LogP) is 1.93. The number of aromatic nitrogens is 2. The van der Waals surface area contributed by atoms with E-state index in [2.05, 4.69) is 15.3 Å². The highest BCUT2D eigenvalue weighted by Gasteiger charge is 2.21. The van der Waals surface area contributed by atoms with Crippen LogP contribution in [0.4, 0.5) is 10.1 Å². The lowest BCUT2D eigenvalue weighted by atomic mass is 10.2. The van der Waals surface area contributed by atoms with Crippen molar-refractivity contribution in [1.29, 1.82) is 0 Å². The Hall–Kier alpha value is -2.26. The lowest BCUT2D eigenvalue weighted by Gasteiger charge is -2.11. The summed E-state index contributed by atoms with van der Waals surface area (Å²) in [6.07, 6.45) is 1.87. The van der Waals surface area contributed by atoms with Gasteiger partial charge in [0, 0.05) is 6.26 Å². The van der Waals surface area contributed by atoms with E-state index >= 15 is 0 Å². The van der Waals surface area contributed by atoms with Crippen LogP contribution in [0.15, 0.2) is 29.6 Å². The van der Waals surface area contributed by atoms with Crippen molar-refractivity contribution in [2.24, 2.45) is 0 Å². The highest BCUT2D eigenvalue weighted by atomic mass is 35.5. The SMILES string of the molecule is COc1cccc(F)c1NC(=O)c1nc(S(C)(=O)=O)ncc1Cl. The van der Waals surface area contributed by atoms with E-state index in [9.17, 15) is 17.6 Å². The van der Waals surface area contributed by atoms with Gasteiger partial charge in [0.15, 0.2) is 11.5 Å². The molecular formula is C13H11ClFN3O4S. The minimum Gasteiger partial charge on any atom is -0.494 e. The van der Waals surface area contributed by atoms with Crippen LogP contribution in [0.5, 0.6) is 5.75 Å². The molecule has 2 rings (SSSR count). The lowest BCUT2D eigenvalue weighted by Crippen LogP contribution is -2.18. The quantitative estimate of drug-likeness (QED) is 0.837. The molecule has 1 N–H and O–H groups in total. The van der Waals surface area contributed by atoms with Gasteiger partial charge < -0.3 is 10.1 Å². The molecule has 0 spiro atoms. The average Bonchev–Trinajstić information content (AvgIpc) is 2.48. The average molecular weight is 360 g/mol. The number of hydrogen-bond acceptors (Lipinski definition) is 6. The second-order valence-corrected chi connectivity index (χ2v) is 6.71. The fourth-order valence-electron chi connectivity index (χ4n) is 1.66. The van der Waals surface area contributed by atoms with E-state index in [1.165, 1.54) is 19.2 Å². The Morgan fingerprint density at radius 1 is 1.39 bits per heavy atom. The first-order chi connectivity index (χ1) is 10.7. The highest BCUT2D eigenvalue weighted by molar-refractivity contribution is 7.90. The van der Waals surface area contributed by atoms with Crippen LogP contribution in [0.3, 0.4) is 0 Å². The summed E-state index contributed by atoms with van der Waals surface area (Å²) < 4.78 is 41.7. The number of carbonyl (C=O) groups is 1. The zero-order valence-corrected chi connectivity index (χ0v) is 13.6. The maximum Gasteiger partial charge on any atom is 0.276 e. The number of ether oxygens (including phenoxy) is 1. The number of halogens is 2. The molecule has 0 aliphatic heterocycles. The number of rotatable bonds is 4. The largest absolute Gasteiger partial charge is 0.494 e. The number of nitrogens with one attached hydrogen (secondary N) is 1. The van der Waals surface area contributed by atoms with Crippen LogP contribution >= 0.6 is 11.6 Å². The van der Waals surface area contributed by atoms with Crippen LogP contribution in [0.2, 0.25) is 5.02 Å². The highest BCUT2D eigenvalue weighted by Crippen LogP contribution is 2.28. The Bertz CT molecular complexity index is 874. The maximum atomic E-state index is 13.8. The number of sulfone groups is 1. The summed E-state index contributed by atoms with van der Waals surface area (Å²) in [5.41, 5.74) is -0.608. The van der Waals surface area contributed by atoms with Gasteiger partial charge in [0.1, 0.15) is 11.4 Å². The summed E-state index contributed by atoms with van der Waals surface area (Å²) in [5, 5.41) is 1.52. The molecule has 1 heterocycles. The smallest absolute Gasteiger partial charge is 0.276 e. The number of benzene rings is 1. The van der Waals surface area contributed by atoms with E-state index in [1.807, 2.05) is 0 Å². The first kappa shape index (κ1) is 17.1. The Morgan fingerprint density at radius 2 is 2.09 bits per heavy atom. The molecule has 7 nitrogen and oxygen atoms in total. The van der Waals surface area contributed by atoms with Crippen LogP contribution in [0.1, 0.15) is 10.5 Å². The molecule has 122 valence electrons. The molecule has 0 saturated carbocycles. The van der Waals surface area contributed by atoms with Gasteiger partial charge in [-0.15, -0.1) is 0 Å². The molecule has 0 aliphatic rings. The molecule has 23 heavy (non-hydrogen) atoms. The molecule has 0 saturated heterocycles. The monoisotopic (exact) mass is 359 g/mol. The van der Waals surface area contributed by atoms with Crippen LogP contribution in [-0.2, 0) is 9.84 Å². The van der Waals surface area contributed by atoms with Crippen molar-refractivity contribution < 1.29 is 22.3 Å². The van der Waals surface area contributed by atoms with Crippen LogP contribution in [0.25, 0.3) is 0 Å². The summed E-state index contributed by atoms with van der Waals surface area (Å²) in [6, 6.07) is 3.98. The first-order valence-corrected chi connectivity index (χ1v) is 8.37. The van der Waals surface area contributed by atoms with Crippen molar-refractivity contribution in [2.75, 3.05) is 18.7 Å². The van der Waals surface area contributed by atoms with Gasteiger partial charge in [-0.2, -0.15) is 0 Å². The van der Waals surface area contributed by atoms with Crippen LogP contribution in [0, 0.1) is 5.82 Å². The molecule has 2 aromatic rings. The van der Waals surface area contributed by atoms with E-state index in [-0.39, 0.29) is 16.5 Å². The van der Waals surface area contributed by atoms with E-state index in [0.29, 0.717) is 0 Å². The van der Waals surface area contributed by atoms with Gasteiger partial charge in [-0.3, -0.25) is 4.79 Å². The Morgan fingerprint density at radius 3 is 2.70 bits per heavy atom. The minimum atomic E-state index is -3.73. The normalized spacial score (nSPS) is 11.1. The molecule has 10 heteroatoms. The number of carbonyl (C=O) groups excluding carboxylic acids is 1. The Kier molecular flexibility index (Phi) is 4.81. The van der Waals surface area contributed by atoms with Crippen molar-refractivity contribution in [1.82, 2.24) is 9.97 Å². The molecular weight excluding hydrogens is 349 g/mol. The van der Waals surface area contributed by atoms with Gasteiger partial charge in [0.2, 0.25) is 15.0 Å². The van der Waals surface area contributed by atoms with E-state index in [4.69, 9.17) is 16.3 Å². The first-order valence-electron chi connectivity index (χ1n) is 6.10. The topological polar surface area (TPSA) is 98.2 Å². The molecule has 0 radical (unpaired) electrons. The standard InChI is InChI=1S/C13H11ClFN3O4S/c1-22-9-5-3-4-8(15)11(9)17-12(19)10-7(14)6-16-13(18-10)23(2,20)21/h3-6H,1-2H3,(H,17,19). The zero-order valence-electron chi connectivity index (χ0n) is 12.0. The number of hydrogen-bond donors (Lipinski definition) is 1. The molecule has 0 unspecified atom stereocenters. The van der Waals surface area contributed by atoms with Gasteiger partial charge in [-0.05, 0) is 12.1 Å². The third kappa shape index (κ3) is 3.74. The fraction of sp³-hybridized carbons (Fsp3) is 0.154. The van der Waals surface area contributed by atoms with Crippen LogP contribution < -0.4 is 10.1 Å². The second-order valence-electron chi connectivity index (χ2n) is 4.39. The molecule has 1 aromatic carbocycles. The van der Waals surface area contributed by atoms with Gasteiger partial charge in [0.05, 0.1) is 18.3 Å². The van der Waals surface area contributed by atoms with Crippen molar-refractivity contribution in [3.8, 4) is 5.75 Å². The van der Waals surface area contributed by atoms with Gasteiger partial charge in [-0.25, -0.2) is 22.8 Å². The number of anilines is 1. The molecule has 0 aliphatic carbocycles. The van der Waals surface area contributed by atoms with E-state index in [1.54, 1.807) is 0 Å². The van der Waals surface area contributed by atoms with Gasteiger partial charge in [0.25, 0.3) is 5.91 Å². The van der Waals surface area contributed by atoms with Gasteiger partial charge in [-0.1, -0.05) is 17.7 Å². The summed E-state index contributed by atoms with van der Waals surface area (Å²) in [7, 11) is -2.42. The molecule has 1 aromatic heterocycles. The number of para-hydroxylation sites is 1. The van der Waals surface area contributed by atoms with E-state index < -0.39 is 32.4 Å². The fourth-order valence-corrected chi connectivity index (χ4v) is 2.34. The number of amides is 1. The van der Waals surface area contributed by atoms with Crippen LogP contribution in [-0.4, -0.2) is 37.7 Å². The number of nitrogens with zero attached hydrogens (tertiary/aromatic N) is 2. The van der Waals surface area contributed by atoms with Crippen molar-refractivity contribution in [3.63, 3.8) is 0 Å². The van der Waals surface area contributed by atoms with Crippen molar-refractivity contribution >= 4 is 33.0 Å². The summed E-state index contributed by atoms with van der Waals surface area (Å²) in [4.78, 5) is 19.4. The van der Waals surface area contributed by atoms with Crippen molar-refractivity contribution in [2.45, 2.75) is 5.16 Å². The Labute approximate surface area is 136 Å². The summed E-state index contributed by atoms with van der Waals surface area (Å²) >= 11 is 5.82. The molecule has 0 fully saturated rings. The lowest BCUT2D eigenvalue weighted by molar-refractivity contribution is 0.102. The van der Waals surface area contributed by atoms with Crippen molar-refractivity contribution in [3.05, 3.63) is 40.9 Å². The van der Waals surface area contributed by atoms with Gasteiger partial charge >= 0.3 is 0 Å². The third-order valence-electron chi connectivity index (χ3n) is 2.70. The molecule has 0 atom stereocenters. The third-order valence-corrected chi connectivity index (χ3v) is 3.84. The van der Waals surface area contributed by atoms with E-state index in [0.717, 1.165) is 18.5 Å². The summed E-state index contributed by atoms with van der Waals surface area (Å²) in [5.74, 6) is -1.54. The number of methoxy groups -OCH3 is 1. The molecule has 0 bridgehead atoms. The maximum absolute atomic E-state index is 13.8. The predicted molar refractivity (Wildman–Crippen MR) is 81.1 cm³/mol. The zero-order chi connectivity index (χ0) is 17.2. The second kappa shape index (κ2) is 6.47.